The van der Waals surface area contributed by atoms with Crippen molar-refractivity contribution in [2.75, 3.05) is 6.61 Å². The van der Waals surface area contributed by atoms with Gasteiger partial charge in [-0.05, 0) is 12.5 Å². The van der Waals surface area contributed by atoms with Gasteiger partial charge in [-0.2, -0.15) is 5.26 Å². The van der Waals surface area contributed by atoms with Crippen molar-refractivity contribution in [1.82, 2.24) is 0 Å². The zero-order valence-corrected chi connectivity index (χ0v) is 8.79. The molecule has 3 heteroatoms. The molecule has 0 fully saturated rings. The third-order valence-electron chi connectivity index (χ3n) is 2.06. The molecule has 1 aromatic carbocycles. The Labute approximate surface area is 89.3 Å². The molecule has 80 valence electrons. The molecule has 0 atom stereocenters. The van der Waals surface area contributed by atoms with Gasteiger partial charge in [-0.1, -0.05) is 19.4 Å². The maximum atomic E-state index is 13.3. The average Bonchev–Trinajstić information content (AvgIpc) is 2.23. The Morgan fingerprint density at radius 3 is 2.87 bits per heavy atom. The second kappa shape index (κ2) is 6.02. The first kappa shape index (κ1) is 11.5. The van der Waals surface area contributed by atoms with E-state index >= 15 is 0 Å². The van der Waals surface area contributed by atoms with Crippen LogP contribution in [0.4, 0.5) is 4.39 Å². The molecule has 0 radical (unpaired) electrons. The van der Waals surface area contributed by atoms with E-state index < -0.39 is 0 Å². The van der Waals surface area contributed by atoms with Crippen LogP contribution in [-0.2, 0) is 6.42 Å². The molecule has 0 saturated heterocycles. The van der Waals surface area contributed by atoms with Crippen LogP contribution in [-0.4, -0.2) is 6.61 Å². The first-order valence-electron chi connectivity index (χ1n) is 5.06. The summed E-state index contributed by atoms with van der Waals surface area (Å²) >= 11 is 0. The second-order valence-corrected chi connectivity index (χ2v) is 3.29. The molecule has 0 aliphatic heterocycles. The molecule has 0 saturated carbocycles. The van der Waals surface area contributed by atoms with Crippen molar-refractivity contribution in [3.05, 3.63) is 29.6 Å². The van der Waals surface area contributed by atoms with Crippen molar-refractivity contribution in [3.63, 3.8) is 0 Å². The summed E-state index contributed by atoms with van der Waals surface area (Å²) < 4.78 is 18.7. The number of nitriles is 1. The zero-order valence-electron chi connectivity index (χ0n) is 8.79. The molecule has 1 rings (SSSR count). The van der Waals surface area contributed by atoms with Crippen molar-refractivity contribution in [1.29, 1.82) is 5.26 Å². The van der Waals surface area contributed by atoms with Crippen LogP contribution < -0.4 is 4.74 Å². The Morgan fingerprint density at radius 1 is 1.47 bits per heavy atom. The zero-order chi connectivity index (χ0) is 11.1. The monoisotopic (exact) mass is 207 g/mol. The smallest absolute Gasteiger partial charge is 0.131 e. The van der Waals surface area contributed by atoms with Gasteiger partial charge in [-0.3, -0.25) is 0 Å². The minimum absolute atomic E-state index is 0.0983. The van der Waals surface area contributed by atoms with Crippen LogP contribution in [0.3, 0.4) is 0 Å². The maximum absolute atomic E-state index is 13.3. The van der Waals surface area contributed by atoms with Gasteiger partial charge in [0.15, 0.2) is 0 Å². The van der Waals surface area contributed by atoms with Gasteiger partial charge in [-0.25, -0.2) is 4.39 Å². The molecule has 0 aliphatic carbocycles. The first-order chi connectivity index (χ1) is 7.27. The van der Waals surface area contributed by atoms with Gasteiger partial charge < -0.3 is 4.74 Å². The fraction of sp³-hybridized carbons (Fsp3) is 0.417. The van der Waals surface area contributed by atoms with Crippen LogP contribution >= 0.6 is 0 Å². The maximum Gasteiger partial charge on any atom is 0.131 e. The summed E-state index contributed by atoms with van der Waals surface area (Å²) in [6.45, 7) is 2.67. The normalized spacial score (nSPS) is 9.67. The van der Waals surface area contributed by atoms with E-state index in [1.54, 1.807) is 12.1 Å². The third kappa shape index (κ3) is 3.59. The summed E-state index contributed by atoms with van der Waals surface area (Å²) in [5.41, 5.74) is 0.417. The molecule has 1 aromatic rings. The van der Waals surface area contributed by atoms with Gasteiger partial charge in [0.2, 0.25) is 0 Å². The molecule has 0 bridgehead atoms. The number of ether oxygens (including phenoxy) is 1. The van der Waals surface area contributed by atoms with Gasteiger partial charge in [-0.15, -0.1) is 0 Å². The van der Waals surface area contributed by atoms with Crippen LogP contribution in [0.25, 0.3) is 0 Å². The topological polar surface area (TPSA) is 33.0 Å². The predicted molar refractivity (Wildman–Crippen MR) is 56.1 cm³/mol. The molecule has 0 spiro atoms. The highest BCUT2D eigenvalue weighted by Crippen LogP contribution is 2.17. The van der Waals surface area contributed by atoms with E-state index in [2.05, 4.69) is 6.92 Å². The van der Waals surface area contributed by atoms with E-state index in [-0.39, 0.29) is 12.2 Å². The molecule has 0 heterocycles. The lowest BCUT2D eigenvalue weighted by molar-refractivity contribution is 0.307. The van der Waals surface area contributed by atoms with Gasteiger partial charge in [0.05, 0.1) is 19.1 Å². The van der Waals surface area contributed by atoms with Crippen LogP contribution in [0.15, 0.2) is 18.2 Å². The Kier molecular flexibility index (Phi) is 4.62. The van der Waals surface area contributed by atoms with E-state index in [0.717, 1.165) is 12.8 Å². The fourth-order valence-corrected chi connectivity index (χ4v) is 1.18. The van der Waals surface area contributed by atoms with Gasteiger partial charge in [0, 0.05) is 11.6 Å². The van der Waals surface area contributed by atoms with Crippen LogP contribution in [0, 0.1) is 17.1 Å². The summed E-state index contributed by atoms with van der Waals surface area (Å²) in [5.74, 6) is 0.160. The highest BCUT2D eigenvalue weighted by molar-refractivity contribution is 5.30. The highest BCUT2D eigenvalue weighted by atomic mass is 19.1. The summed E-state index contributed by atoms with van der Waals surface area (Å²) in [5, 5.41) is 8.44. The minimum atomic E-state index is -0.370. The molecular weight excluding hydrogens is 193 g/mol. The van der Waals surface area contributed by atoms with E-state index in [1.807, 2.05) is 6.07 Å². The van der Waals surface area contributed by atoms with Gasteiger partial charge >= 0.3 is 0 Å². The molecular formula is C12H14FNO. The van der Waals surface area contributed by atoms with E-state index in [0.29, 0.717) is 17.9 Å². The fourth-order valence-electron chi connectivity index (χ4n) is 1.18. The van der Waals surface area contributed by atoms with Crippen LogP contribution in [0.1, 0.15) is 25.3 Å². The quantitative estimate of drug-likeness (QED) is 0.695. The SMILES string of the molecule is CCCCOc1ccc(CC#N)c(F)c1. The molecule has 0 N–H and O–H groups in total. The highest BCUT2D eigenvalue weighted by Gasteiger charge is 2.03. The predicted octanol–water partition coefficient (Wildman–Crippen LogP) is 3.07. The second-order valence-electron chi connectivity index (χ2n) is 3.29. The number of nitrogens with zero attached hydrogens (tertiary/aromatic N) is 1. The summed E-state index contributed by atoms with van der Waals surface area (Å²) in [7, 11) is 0. The molecule has 0 unspecified atom stereocenters. The van der Waals surface area contributed by atoms with Crippen LogP contribution in [0.2, 0.25) is 0 Å². The lowest BCUT2D eigenvalue weighted by Crippen LogP contribution is -1.98. The lowest BCUT2D eigenvalue weighted by Gasteiger charge is -2.06. The Morgan fingerprint density at radius 2 is 2.27 bits per heavy atom. The van der Waals surface area contributed by atoms with E-state index in [9.17, 15) is 4.39 Å². The number of unbranched alkanes of at least 4 members (excludes halogenated alkanes) is 1. The largest absolute Gasteiger partial charge is 0.493 e. The number of hydrogen-bond acceptors (Lipinski definition) is 2. The standard InChI is InChI=1S/C12H14FNO/c1-2-3-8-15-11-5-4-10(6-7-14)12(13)9-11/h4-5,9H,2-3,6,8H2,1H3. The number of halogens is 1. The van der Waals surface area contributed by atoms with E-state index in [1.165, 1.54) is 6.07 Å². The summed E-state index contributed by atoms with van der Waals surface area (Å²) in [6.07, 6.45) is 2.11. The Bertz CT molecular complexity index is 357. The van der Waals surface area contributed by atoms with Crippen molar-refractivity contribution < 1.29 is 9.13 Å². The Hall–Kier alpha value is -1.56. The van der Waals surface area contributed by atoms with Gasteiger partial charge in [0.25, 0.3) is 0 Å². The third-order valence-corrected chi connectivity index (χ3v) is 2.06. The van der Waals surface area contributed by atoms with Crippen LogP contribution in [0.5, 0.6) is 5.75 Å². The average molecular weight is 207 g/mol. The summed E-state index contributed by atoms with van der Waals surface area (Å²) in [6, 6.07) is 6.55. The van der Waals surface area contributed by atoms with Crippen molar-refractivity contribution in [2.45, 2.75) is 26.2 Å². The van der Waals surface area contributed by atoms with E-state index in [4.69, 9.17) is 10.00 Å². The minimum Gasteiger partial charge on any atom is -0.493 e. The number of benzene rings is 1. The first-order valence-corrected chi connectivity index (χ1v) is 5.06. The molecule has 2 nitrogen and oxygen atoms in total. The van der Waals surface area contributed by atoms with Crippen molar-refractivity contribution in [3.8, 4) is 11.8 Å². The van der Waals surface area contributed by atoms with Crippen molar-refractivity contribution >= 4 is 0 Å². The molecule has 0 aliphatic rings. The van der Waals surface area contributed by atoms with Crippen molar-refractivity contribution in [2.24, 2.45) is 0 Å². The lowest BCUT2D eigenvalue weighted by atomic mass is 10.1. The van der Waals surface area contributed by atoms with Gasteiger partial charge in [0.1, 0.15) is 11.6 Å². The summed E-state index contributed by atoms with van der Waals surface area (Å²) in [4.78, 5) is 0. The molecule has 15 heavy (non-hydrogen) atoms. The number of rotatable bonds is 5. The Balaban J connectivity index is 2.61. The number of hydrogen-bond donors (Lipinski definition) is 0. The molecule has 0 aromatic heterocycles. The molecule has 0 amide bonds.